The van der Waals surface area contributed by atoms with Crippen LogP contribution in [0.2, 0.25) is 0 Å². The third-order valence-corrected chi connectivity index (χ3v) is 5.99. The summed E-state index contributed by atoms with van der Waals surface area (Å²) in [5, 5.41) is 2.84. The van der Waals surface area contributed by atoms with Gasteiger partial charge in [0.05, 0.1) is 5.92 Å². The molecule has 0 radical (unpaired) electrons. The predicted molar refractivity (Wildman–Crippen MR) is 141 cm³/mol. The molecule has 3 aromatic carbocycles. The number of nitrogens with zero attached hydrogens (tertiary/aromatic N) is 2. The number of hydrogen-bond acceptors (Lipinski definition) is 4. The fourth-order valence-corrected chi connectivity index (χ4v) is 4.24. The second-order valence-corrected chi connectivity index (χ2v) is 8.91. The van der Waals surface area contributed by atoms with Gasteiger partial charge in [0.15, 0.2) is 0 Å². The molecule has 1 N–H and O–H groups in total. The normalized spacial score (nSPS) is 11.6. The van der Waals surface area contributed by atoms with Crippen molar-refractivity contribution in [2.75, 3.05) is 38.0 Å². The predicted octanol–water partition coefficient (Wildman–Crippen LogP) is 5.20. The molecule has 0 heterocycles. The van der Waals surface area contributed by atoms with Crippen molar-refractivity contribution in [3.8, 4) is 0 Å². The van der Waals surface area contributed by atoms with E-state index in [1.165, 1.54) is 19.2 Å². The Morgan fingerprint density at radius 3 is 2.28 bits per heavy atom. The molecule has 0 saturated heterocycles. The summed E-state index contributed by atoms with van der Waals surface area (Å²) in [6, 6.07) is 21.6. The Hall–Kier alpha value is -3.71. The first-order chi connectivity index (χ1) is 17.3. The average molecular weight is 492 g/mol. The molecule has 3 aromatic rings. The summed E-state index contributed by atoms with van der Waals surface area (Å²) < 4.78 is 18.5. The van der Waals surface area contributed by atoms with Gasteiger partial charge in [0.1, 0.15) is 12.4 Å². The van der Waals surface area contributed by atoms with Gasteiger partial charge in [-0.25, -0.2) is 4.39 Å². The van der Waals surface area contributed by atoms with E-state index in [1.807, 2.05) is 74.4 Å². The number of carbonyl (C=O) groups is 2. The molecule has 0 fully saturated rings. The first kappa shape index (κ1) is 26.9. The van der Waals surface area contributed by atoms with E-state index >= 15 is 0 Å². The highest BCUT2D eigenvalue weighted by molar-refractivity contribution is 5.92. The Morgan fingerprint density at radius 2 is 1.67 bits per heavy atom. The van der Waals surface area contributed by atoms with Gasteiger partial charge in [-0.2, -0.15) is 0 Å². The zero-order valence-corrected chi connectivity index (χ0v) is 21.3. The van der Waals surface area contributed by atoms with Gasteiger partial charge in [0.2, 0.25) is 11.8 Å². The minimum Gasteiger partial charge on any atom is -0.377 e. The van der Waals surface area contributed by atoms with Crippen molar-refractivity contribution in [3.05, 3.63) is 95.3 Å². The molecule has 0 aromatic heterocycles. The molecule has 1 atom stereocenters. The van der Waals surface area contributed by atoms with Crippen LogP contribution in [0.5, 0.6) is 0 Å². The number of methoxy groups -OCH3 is 1. The van der Waals surface area contributed by atoms with Gasteiger partial charge in [-0.05, 0) is 53.4 Å². The van der Waals surface area contributed by atoms with Crippen LogP contribution in [0.4, 0.5) is 15.8 Å². The second-order valence-electron chi connectivity index (χ2n) is 8.91. The Bertz CT molecular complexity index is 1150. The molecule has 0 saturated carbocycles. The van der Waals surface area contributed by atoms with Crippen molar-refractivity contribution in [1.29, 1.82) is 0 Å². The lowest BCUT2D eigenvalue weighted by atomic mass is 9.94. The van der Waals surface area contributed by atoms with Gasteiger partial charge < -0.3 is 19.9 Å². The summed E-state index contributed by atoms with van der Waals surface area (Å²) in [5.41, 5.74) is 4.24. The maximum atomic E-state index is 13.9. The first-order valence-electron chi connectivity index (χ1n) is 12.0. The van der Waals surface area contributed by atoms with E-state index in [-0.39, 0.29) is 30.2 Å². The topological polar surface area (TPSA) is 61.9 Å². The molecule has 36 heavy (non-hydrogen) atoms. The summed E-state index contributed by atoms with van der Waals surface area (Å²) in [7, 11) is 5.34. The largest absolute Gasteiger partial charge is 0.377 e. The van der Waals surface area contributed by atoms with Crippen LogP contribution in [0.1, 0.15) is 36.0 Å². The molecule has 1 unspecified atom stereocenters. The molecule has 0 aliphatic carbocycles. The Morgan fingerprint density at radius 1 is 0.972 bits per heavy atom. The molecule has 190 valence electrons. The molecule has 0 spiro atoms. The van der Waals surface area contributed by atoms with Crippen LogP contribution in [-0.4, -0.2) is 44.5 Å². The molecule has 2 amide bonds. The van der Waals surface area contributed by atoms with E-state index in [1.54, 1.807) is 17.0 Å². The zero-order valence-electron chi connectivity index (χ0n) is 21.3. The first-order valence-corrected chi connectivity index (χ1v) is 12.0. The Labute approximate surface area is 212 Å². The van der Waals surface area contributed by atoms with Crippen LogP contribution in [0, 0.1) is 5.82 Å². The Balaban J connectivity index is 1.98. The summed E-state index contributed by atoms with van der Waals surface area (Å²) in [6.07, 6.45) is 0.649. The lowest BCUT2D eigenvalue weighted by Gasteiger charge is -2.29. The highest BCUT2D eigenvalue weighted by Gasteiger charge is 2.26. The molecule has 0 aliphatic heterocycles. The summed E-state index contributed by atoms with van der Waals surface area (Å²) in [4.78, 5) is 29.8. The monoisotopic (exact) mass is 491 g/mol. The van der Waals surface area contributed by atoms with E-state index in [9.17, 15) is 14.0 Å². The molecule has 3 rings (SSSR count). The van der Waals surface area contributed by atoms with Crippen LogP contribution in [0.3, 0.4) is 0 Å². The quantitative estimate of drug-likeness (QED) is 0.401. The number of nitrogens with one attached hydrogen (secondary N) is 1. The lowest BCUT2D eigenvalue weighted by molar-refractivity contribution is -0.134. The number of halogens is 1. The minimum atomic E-state index is -0.318. The van der Waals surface area contributed by atoms with Crippen LogP contribution in [0.25, 0.3) is 0 Å². The number of carbonyl (C=O) groups excluding carboxylic acids is 2. The molecule has 0 aliphatic rings. The second kappa shape index (κ2) is 12.8. The molecule has 0 bridgehead atoms. The summed E-state index contributed by atoms with van der Waals surface area (Å²) >= 11 is 0. The summed E-state index contributed by atoms with van der Waals surface area (Å²) in [6.45, 7) is 2.61. The number of hydrogen-bond donors (Lipinski definition) is 1. The fraction of sp³-hybridized carbons (Fsp3) is 0.310. The third kappa shape index (κ3) is 7.15. The van der Waals surface area contributed by atoms with Crippen LogP contribution < -0.4 is 10.2 Å². The van der Waals surface area contributed by atoms with E-state index in [0.29, 0.717) is 25.2 Å². The maximum absolute atomic E-state index is 13.9. The van der Waals surface area contributed by atoms with Crippen molar-refractivity contribution in [2.24, 2.45) is 0 Å². The van der Waals surface area contributed by atoms with Crippen molar-refractivity contribution < 1.29 is 18.7 Å². The minimum absolute atomic E-state index is 0.00782. The number of ether oxygens (including phenoxy) is 1. The van der Waals surface area contributed by atoms with Crippen molar-refractivity contribution in [1.82, 2.24) is 4.90 Å². The van der Waals surface area contributed by atoms with E-state index in [0.717, 1.165) is 22.4 Å². The standard InChI is InChI=1S/C29H34FN3O3/c1-5-26(22-9-7-6-8-10-22)29(35)33(18-21-11-13-24(30)14-12-21)19-23-17-25(31-28(34)20-36-4)15-16-27(23)32(2)3/h6-17,26H,5,18-20H2,1-4H3,(H,31,34). The van der Waals surface area contributed by atoms with Crippen LogP contribution in [0.15, 0.2) is 72.8 Å². The smallest absolute Gasteiger partial charge is 0.250 e. The van der Waals surface area contributed by atoms with E-state index in [4.69, 9.17) is 4.74 Å². The van der Waals surface area contributed by atoms with Crippen molar-refractivity contribution >= 4 is 23.2 Å². The van der Waals surface area contributed by atoms with Gasteiger partial charge in [0, 0.05) is 45.7 Å². The SMILES string of the molecule is CCC(C(=O)N(Cc1ccc(F)cc1)Cc1cc(NC(=O)COC)ccc1N(C)C)c1ccccc1. The molecular weight excluding hydrogens is 457 g/mol. The number of amides is 2. The number of anilines is 2. The molecular formula is C29H34FN3O3. The van der Waals surface area contributed by atoms with Crippen molar-refractivity contribution in [2.45, 2.75) is 32.4 Å². The number of benzene rings is 3. The van der Waals surface area contributed by atoms with Crippen molar-refractivity contribution in [3.63, 3.8) is 0 Å². The van der Waals surface area contributed by atoms with Gasteiger partial charge in [-0.15, -0.1) is 0 Å². The highest BCUT2D eigenvalue weighted by atomic mass is 19.1. The zero-order chi connectivity index (χ0) is 26.1. The fourth-order valence-electron chi connectivity index (χ4n) is 4.24. The van der Waals surface area contributed by atoms with Gasteiger partial charge in [-0.3, -0.25) is 9.59 Å². The highest BCUT2D eigenvalue weighted by Crippen LogP contribution is 2.28. The lowest BCUT2D eigenvalue weighted by Crippen LogP contribution is -2.34. The van der Waals surface area contributed by atoms with Gasteiger partial charge in [0.25, 0.3) is 0 Å². The summed E-state index contributed by atoms with van der Waals surface area (Å²) in [5.74, 6) is -0.886. The van der Waals surface area contributed by atoms with E-state index < -0.39 is 0 Å². The van der Waals surface area contributed by atoms with Crippen LogP contribution >= 0.6 is 0 Å². The van der Waals surface area contributed by atoms with Gasteiger partial charge in [-0.1, -0.05) is 49.4 Å². The van der Waals surface area contributed by atoms with E-state index in [2.05, 4.69) is 5.32 Å². The maximum Gasteiger partial charge on any atom is 0.250 e. The Kier molecular flexibility index (Phi) is 9.59. The third-order valence-electron chi connectivity index (χ3n) is 5.99. The van der Waals surface area contributed by atoms with Gasteiger partial charge >= 0.3 is 0 Å². The number of rotatable bonds is 11. The molecule has 7 heteroatoms. The average Bonchev–Trinajstić information content (AvgIpc) is 2.86. The molecule has 6 nitrogen and oxygen atoms in total. The van der Waals surface area contributed by atoms with Crippen LogP contribution in [-0.2, 0) is 27.4 Å².